The van der Waals surface area contributed by atoms with Crippen LogP contribution in [0.2, 0.25) is 0 Å². The zero-order chi connectivity index (χ0) is 13.7. The molecule has 0 radical (unpaired) electrons. The van der Waals surface area contributed by atoms with E-state index in [9.17, 15) is 4.79 Å². The summed E-state index contributed by atoms with van der Waals surface area (Å²) in [6.07, 6.45) is 3.07. The third-order valence-corrected chi connectivity index (χ3v) is 5.18. The van der Waals surface area contributed by atoms with Crippen molar-refractivity contribution in [2.75, 3.05) is 19.6 Å². The van der Waals surface area contributed by atoms with E-state index < -0.39 is 0 Å². The van der Waals surface area contributed by atoms with Crippen LogP contribution in [0.3, 0.4) is 0 Å². The monoisotopic (exact) mass is 344 g/mol. The molecule has 2 rings (SSSR count). The zero-order valence-electron chi connectivity index (χ0n) is 11.3. The van der Waals surface area contributed by atoms with Gasteiger partial charge in [0.15, 0.2) is 0 Å². The molecule has 2 heterocycles. The first-order valence-electron chi connectivity index (χ1n) is 6.91. The second kappa shape index (κ2) is 7.41. The van der Waals surface area contributed by atoms with Gasteiger partial charge in [0.25, 0.3) is 0 Å². The Labute approximate surface area is 127 Å². The van der Waals surface area contributed by atoms with Crippen molar-refractivity contribution in [2.45, 2.75) is 32.7 Å². The Morgan fingerprint density at radius 3 is 3.00 bits per heavy atom. The third kappa shape index (κ3) is 4.58. The number of piperidine rings is 1. The summed E-state index contributed by atoms with van der Waals surface area (Å²) in [5, 5.41) is 3.38. The van der Waals surface area contributed by atoms with Gasteiger partial charge in [0.1, 0.15) is 0 Å². The first-order chi connectivity index (χ1) is 9.19. The lowest BCUT2D eigenvalue weighted by Crippen LogP contribution is -2.36. The Morgan fingerprint density at radius 1 is 1.58 bits per heavy atom. The van der Waals surface area contributed by atoms with E-state index in [0.29, 0.717) is 18.2 Å². The third-order valence-electron chi connectivity index (χ3n) is 3.57. The highest BCUT2D eigenvalue weighted by Crippen LogP contribution is 2.24. The molecule has 1 amide bonds. The van der Waals surface area contributed by atoms with Crippen molar-refractivity contribution in [1.29, 1.82) is 0 Å². The predicted octanol–water partition coefficient (Wildman–Crippen LogP) is 3.25. The van der Waals surface area contributed by atoms with Gasteiger partial charge in [-0.05, 0) is 66.8 Å². The highest BCUT2D eigenvalue weighted by Gasteiger charge is 2.20. The Hall–Kier alpha value is -0.390. The minimum Gasteiger partial charge on any atom is -0.338 e. The largest absolute Gasteiger partial charge is 0.338 e. The molecular formula is C14H21BrN2OS. The molecule has 106 valence electrons. The summed E-state index contributed by atoms with van der Waals surface area (Å²) in [7, 11) is 0. The van der Waals surface area contributed by atoms with E-state index in [1.807, 2.05) is 11.0 Å². The molecule has 0 aromatic carbocycles. The molecule has 5 heteroatoms. The van der Waals surface area contributed by atoms with Crippen molar-refractivity contribution in [2.24, 2.45) is 5.92 Å². The SMILES string of the molecule is CCN(Cc1ccc(Br)s1)C(=O)CC1CCCNC1. The van der Waals surface area contributed by atoms with Gasteiger partial charge in [-0.15, -0.1) is 11.3 Å². The summed E-state index contributed by atoms with van der Waals surface area (Å²) in [6.45, 7) is 5.68. The van der Waals surface area contributed by atoms with Gasteiger partial charge in [-0.3, -0.25) is 4.79 Å². The Bertz CT molecular complexity index is 415. The topological polar surface area (TPSA) is 32.3 Å². The predicted molar refractivity (Wildman–Crippen MR) is 83.3 cm³/mol. The lowest BCUT2D eigenvalue weighted by Gasteiger charge is -2.26. The Balaban J connectivity index is 1.87. The van der Waals surface area contributed by atoms with Crippen LogP contribution in [-0.2, 0) is 11.3 Å². The summed E-state index contributed by atoms with van der Waals surface area (Å²) in [4.78, 5) is 15.5. The van der Waals surface area contributed by atoms with Gasteiger partial charge < -0.3 is 10.2 Å². The number of carbonyl (C=O) groups excluding carboxylic acids is 1. The fraction of sp³-hybridized carbons (Fsp3) is 0.643. The lowest BCUT2D eigenvalue weighted by atomic mass is 9.95. The van der Waals surface area contributed by atoms with Crippen LogP contribution in [0.15, 0.2) is 15.9 Å². The molecular weight excluding hydrogens is 324 g/mol. The molecule has 0 aliphatic carbocycles. The number of thiophene rings is 1. The van der Waals surface area contributed by atoms with Crippen molar-refractivity contribution in [3.8, 4) is 0 Å². The van der Waals surface area contributed by atoms with Crippen LogP contribution in [0.25, 0.3) is 0 Å². The number of amides is 1. The fourth-order valence-electron chi connectivity index (χ4n) is 2.48. The number of carbonyl (C=O) groups is 1. The second-order valence-electron chi connectivity index (χ2n) is 5.03. The molecule has 1 N–H and O–H groups in total. The standard InChI is InChI=1S/C14H21BrN2OS/c1-2-17(10-12-5-6-13(15)19-12)14(18)8-11-4-3-7-16-9-11/h5-6,11,16H,2-4,7-10H2,1H3. The first kappa shape index (κ1) is 15.0. The normalized spacial score (nSPS) is 19.4. The van der Waals surface area contributed by atoms with Gasteiger partial charge in [0.05, 0.1) is 10.3 Å². The van der Waals surface area contributed by atoms with Gasteiger partial charge >= 0.3 is 0 Å². The average molecular weight is 345 g/mol. The van der Waals surface area contributed by atoms with E-state index >= 15 is 0 Å². The van der Waals surface area contributed by atoms with Crippen LogP contribution in [0.1, 0.15) is 31.1 Å². The number of rotatable bonds is 5. The number of halogens is 1. The zero-order valence-corrected chi connectivity index (χ0v) is 13.7. The molecule has 1 aromatic rings. The smallest absolute Gasteiger partial charge is 0.223 e. The van der Waals surface area contributed by atoms with Crippen molar-refractivity contribution < 1.29 is 4.79 Å². The van der Waals surface area contributed by atoms with E-state index in [1.165, 1.54) is 17.7 Å². The molecule has 1 unspecified atom stereocenters. The van der Waals surface area contributed by atoms with E-state index in [-0.39, 0.29) is 0 Å². The molecule has 1 aliphatic heterocycles. The van der Waals surface area contributed by atoms with Gasteiger partial charge in [0.2, 0.25) is 5.91 Å². The molecule has 1 saturated heterocycles. The maximum absolute atomic E-state index is 12.3. The molecule has 1 aromatic heterocycles. The number of hydrogen-bond acceptors (Lipinski definition) is 3. The molecule has 1 atom stereocenters. The van der Waals surface area contributed by atoms with Gasteiger partial charge in [-0.25, -0.2) is 0 Å². The lowest BCUT2D eigenvalue weighted by molar-refractivity contribution is -0.132. The van der Waals surface area contributed by atoms with Crippen LogP contribution < -0.4 is 5.32 Å². The highest BCUT2D eigenvalue weighted by molar-refractivity contribution is 9.11. The van der Waals surface area contributed by atoms with E-state index in [4.69, 9.17) is 0 Å². The van der Waals surface area contributed by atoms with Gasteiger partial charge in [-0.2, -0.15) is 0 Å². The van der Waals surface area contributed by atoms with Crippen molar-refractivity contribution in [3.63, 3.8) is 0 Å². The summed E-state index contributed by atoms with van der Waals surface area (Å²) in [5.41, 5.74) is 0. The number of nitrogens with zero attached hydrogens (tertiary/aromatic N) is 1. The Kier molecular flexibility index (Phi) is 5.85. The van der Waals surface area contributed by atoms with Crippen LogP contribution in [0.4, 0.5) is 0 Å². The summed E-state index contributed by atoms with van der Waals surface area (Å²) < 4.78 is 1.13. The molecule has 1 fully saturated rings. The van der Waals surface area contributed by atoms with Gasteiger partial charge in [0, 0.05) is 17.8 Å². The van der Waals surface area contributed by atoms with Gasteiger partial charge in [-0.1, -0.05) is 0 Å². The summed E-state index contributed by atoms with van der Waals surface area (Å²) in [6, 6.07) is 4.14. The maximum atomic E-state index is 12.3. The van der Waals surface area contributed by atoms with Crippen molar-refractivity contribution in [3.05, 3.63) is 20.8 Å². The number of hydrogen-bond donors (Lipinski definition) is 1. The second-order valence-corrected chi connectivity index (χ2v) is 7.58. The molecule has 0 bridgehead atoms. The van der Waals surface area contributed by atoms with Crippen molar-refractivity contribution >= 4 is 33.2 Å². The minimum absolute atomic E-state index is 0.292. The summed E-state index contributed by atoms with van der Waals surface area (Å²) >= 11 is 5.17. The fourth-order valence-corrected chi connectivity index (χ4v) is 3.97. The van der Waals surface area contributed by atoms with Crippen LogP contribution >= 0.6 is 27.3 Å². The highest BCUT2D eigenvalue weighted by atomic mass is 79.9. The maximum Gasteiger partial charge on any atom is 0.223 e. The van der Waals surface area contributed by atoms with Crippen LogP contribution in [0, 0.1) is 5.92 Å². The van der Waals surface area contributed by atoms with E-state index in [2.05, 4.69) is 34.2 Å². The Morgan fingerprint density at radius 2 is 2.42 bits per heavy atom. The summed E-state index contributed by atoms with van der Waals surface area (Å²) in [5.74, 6) is 0.811. The van der Waals surface area contributed by atoms with E-state index in [1.54, 1.807) is 11.3 Å². The number of nitrogens with one attached hydrogen (secondary N) is 1. The first-order valence-corrected chi connectivity index (χ1v) is 8.52. The quantitative estimate of drug-likeness (QED) is 0.889. The molecule has 0 spiro atoms. The van der Waals surface area contributed by atoms with E-state index in [0.717, 1.165) is 30.0 Å². The molecule has 0 saturated carbocycles. The molecule has 19 heavy (non-hydrogen) atoms. The molecule has 3 nitrogen and oxygen atoms in total. The van der Waals surface area contributed by atoms with Crippen LogP contribution in [-0.4, -0.2) is 30.4 Å². The minimum atomic E-state index is 0.292. The average Bonchev–Trinajstić information content (AvgIpc) is 2.82. The van der Waals surface area contributed by atoms with Crippen LogP contribution in [0.5, 0.6) is 0 Å². The van der Waals surface area contributed by atoms with Crippen molar-refractivity contribution in [1.82, 2.24) is 10.2 Å². The molecule has 1 aliphatic rings.